The highest BCUT2D eigenvalue weighted by molar-refractivity contribution is 7.10. The van der Waals surface area contributed by atoms with Crippen LogP contribution < -0.4 is 5.32 Å². The largest absolute Gasteiger partial charge is 0.381 e. The van der Waals surface area contributed by atoms with Crippen molar-refractivity contribution in [2.24, 2.45) is 0 Å². The molecule has 94 valence electrons. The molecule has 1 aromatic heterocycles. The van der Waals surface area contributed by atoms with E-state index in [4.69, 9.17) is 4.74 Å². The first kappa shape index (κ1) is 11.7. The van der Waals surface area contributed by atoms with Crippen molar-refractivity contribution in [1.29, 1.82) is 0 Å². The van der Waals surface area contributed by atoms with Crippen LogP contribution in [0, 0.1) is 0 Å². The van der Waals surface area contributed by atoms with Crippen molar-refractivity contribution in [3.8, 4) is 0 Å². The van der Waals surface area contributed by atoms with Gasteiger partial charge in [-0.15, -0.1) is 11.3 Å². The molecule has 3 heteroatoms. The maximum atomic E-state index is 5.45. The van der Waals surface area contributed by atoms with Crippen LogP contribution in [0.4, 0.5) is 0 Å². The molecule has 1 N–H and O–H groups in total. The Bertz CT molecular complexity index is 376. The SMILES string of the molecule is COC1CCC(NC2CCCc3sccc32)C1. The zero-order valence-corrected chi connectivity index (χ0v) is 11.3. The van der Waals surface area contributed by atoms with E-state index in [1.54, 1.807) is 10.4 Å². The molecule has 17 heavy (non-hydrogen) atoms. The molecule has 2 aliphatic carbocycles. The minimum atomic E-state index is 0.484. The van der Waals surface area contributed by atoms with Gasteiger partial charge in [0.1, 0.15) is 0 Å². The van der Waals surface area contributed by atoms with Gasteiger partial charge in [0.05, 0.1) is 6.10 Å². The molecule has 0 bridgehead atoms. The van der Waals surface area contributed by atoms with Gasteiger partial charge in [-0.2, -0.15) is 0 Å². The first-order valence-corrected chi connectivity index (χ1v) is 7.60. The lowest BCUT2D eigenvalue weighted by molar-refractivity contribution is 0.106. The maximum absolute atomic E-state index is 5.45. The second-order valence-corrected chi connectivity index (χ2v) is 6.28. The first-order chi connectivity index (χ1) is 8.36. The van der Waals surface area contributed by atoms with E-state index in [0.29, 0.717) is 18.2 Å². The fraction of sp³-hybridized carbons (Fsp3) is 0.714. The van der Waals surface area contributed by atoms with Gasteiger partial charge in [-0.3, -0.25) is 0 Å². The topological polar surface area (TPSA) is 21.3 Å². The number of rotatable bonds is 3. The highest BCUT2D eigenvalue weighted by atomic mass is 32.1. The minimum absolute atomic E-state index is 0.484. The number of thiophene rings is 1. The van der Waals surface area contributed by atoms with Crippen LogP contribution in [0.25, 0.3) is 0 Å². The van der Waals surface area contributed by atoms with Gasteiger partial charge in [-0.05, 0) is 55.5 Å². The molecule has 1 heterocycles. The Hall–Kier alpha value is -0.380. The average molecular weight is 251 g/mol. The lowest BCUT2D eigenvalue weighted by Crippen LogP contribution is -2.33. The van der Waals surface area contributed by atoms with Gasteiger partial charge in [0, 0.05) is 24.1 Å². The maximum Gasteiger partial charge on any atom is 0.0586 e. The summed E-state index contributed by atoms with van der Waals surface area (Å²) >= 11 is 1.93. The Labute approximate surface area is 107 Å². The molecular weight excluding hydrogens is 230 g/mol. The van der Waals surface area contributed by atoms with Crippen molar-refractivity contribution in [2.45, 2.75) is 56.7 Å². The van der Waals surface area contributed by atoms with Crippen molar-refractivity contribution in [1.82, 2.24) is 5.32 Å². The molecule has 0 amide bonds. The zero-order valence-electron chi connectivity index (χ0n) is 10.4. The van der Waals surface area contributed by atoms with E-state index in [1.165, 1.54) is 38.5 Å². The van der Waals surface area contributed by atoms with Crippen molar-refractivity contribution in [3.63, 3.8) is 0 Å². The van der Waals surface area contributed by atoms with E-state index >= 15 is 0 Å². The molecule has 1 aromatic rings. The van der Waals surface area contributed by atoms with Crippen LogP contribution in [0.2, 0.25) is 0 Å². The smallest absolute Gasteiger partial charge is 0.0586 e. The van der Waals surface area contributed by atoms with Crippen LogP contribution in [0.1, 0.15) is 48.6 Å². The fourth-order valence-electron chi connectivity index (χ4n) is 3.25. The molecular formula is C14H21NOS. The van der Waals surface area contributed by atoms with Gasteiger partial charge in [0.2, 0.25) is 0 Å². The van der Waals surface area contributed by atoms with E-state index in [-0.39, 0.29) is 0 Å². The Balaban J connectivity index is 1.64. The molecule has 0 aromatic carbocycles. The summed E-state index contributed by atoms with van der Waals surface area (Å²) in [4.78, 5) is 1.61. The fourth-order valence-corrected chi connectivity index (χ4v) is 4.24. The third-order valence-corrected chi connectivity index (χ3v) is 5.20. The van der Waals surface area contributed by atoms with Crippen LogP contribution in [-0.4, -0.2) is 19.3 Å². The van der Waals surface area contributed by atoms with E-state index < -0.39 is 0 Å². The molecule has 3 unspecified atom stereocenters. The Morgan fingerprint density at radius 1 is 1.35 bits per heavy atom. The van der Waals surface area contributed by atoms with Crippen LogP contribution in [0.5, 0.6) is 0 Å². The molecule has 0 aliphatic heterocycles. The Kier molecular flexibility index (Phi) is 3.50. The predicted molar refractivity (Wildman–Crippen MR) is 71.6 cm³/mol. The van der Waals surface area contributed by atoms with Gasteiger partial charge in [0.25, 0.3) is 0 Å². The second kappa shape index (κ2) is 5.09. The molecule has 0 saturated heterocycles. The lowest BCUT2D eigenvalue weighted by atomic mass is 9.93. The number of nitrogens with one attached hydrogen (secondary N) is 1. The Morgan fingerprint density at radius 3 is 3.12 bits per heavy atom. The third kappa shape index (κ3) is 2.42. The van der Waals surface area contributed by atoms with Crippen LogP contribution in [0.3, 0.4) is 0 Å². The summed E-state index contributed by atoms with van der Waals surface area (Å²) < 4.78 is 5.45. The molecule has 2 aliphatic rings. The summed E-state index contributed by atoms with van der Waals surface area (Å²) in [5.41, 5.74) is 1.57. The third-order valence-electron chi connectivity index (χ3n) is 4.21. The summed E-state index contributed by atoms with van der Waals surface area (Å²) in [5, 5.41) is 6.10. The van der Waals surface area contributed by atoms with Gasteiger partial charge >= 0.3 is 0 Å². The Morgan fingerprint density at radius 2 is 2.29 bits per heavy atom. The molecule has 2 nitrogen and oxygen atoms in total. The number of hydrogen-bond donors (Lipinski definition) is 1. The molecule has 3 rings (SSSR count). The zero-order chi connectivity index (χ0) is 11.7. The van der Waals surface area contributed by atoms with E-state index in [1.807, 2.05) is 18.4 Å². The van der Waals surface area contributed by atoms with E-state index in [9.17, 15) is 0 Å². The van der Waals surface area contributed by atoms with Crippen LogP contribution in [-0.2, 0) is 11.2 Å². The normalized spacial score (nSPS) is 32.6. The summed E-state index contributed by atoms with van der Waals surface area (Å²) in [7, 11) is 1.84. The van der Waals surface area contributed by atoms with Crippen LogP contribution >= 0.6 is 11.3 Å². The minimum Gasteiger partial charge on any atom is -0.381 e. The van der Waals surface area contributed by atoms with Crippen molar-refractivity contribution >= 4 is 11.3 Å². The van der Waals surface area contributed by atoms with Gasteiger partial charge in [0.15, 0.2) is 0 Å². The highest BCUT2D eigenvalue weighted by Crippen LogP contribution is 2.35. The summed E-state index contributed by atoms with van der Waals surface area (Å²) in [5.74, 6) is 0. The van der Waals surface area contributed by atoms with Crippen molar-refractivity contribution in [3.05, 3.63) is 21.9 Å². The number of hydrogen-bond acceptors (Lipinski definition) is 3. The monoisotopic (exact) mass is 251 g/mol. The standard InChI is InChI=1S/C14H21NOS/c1-16-11-6-5-10(9-11)15-13-3-2-4-14-12(13)7-8-17-14/h7-8,10-11,13,15H,2-6,9H2,1H3. The molecule has 0 radical (unpaired) electrons. The number of ether oxygens (including phenoxy) is 1. The van der Waals surface area contributed by atoms with E-state index in [2.05, 4.69) is 16.8 Å². The van der Waals surface area contributed by atoms with Crippen LogP contribution in [0.15, 0.2) is 11.4 Å². The first-order valence-electron chi connectivity index (χ1n) is 6.72. The lowest BCUT2D eigenvalue weighted by Gasteiger charge is -2.27. The molecule has 0 spiro atoms. The summed E-state index contributed by atoms with van der Waals surface area (Å²) in [6.45, 7) is 0. The van der Waals surface area contributed by atoms with Gasteiger partial charge in [-0.25, -0.2) is 0 Å². The average Bonchev–Trinajstić information content (AvgIpc) is 2.97. The quantitative estimate of drug-likeness (QED) is 0.890. The predicted octanol–water partition coefficient (Wildman–Crippen LogP) is 3.28. The van der Waals surface area contributed by atoms with Gasteiger partial charge < -0.3 is 10.1 Å². The highest BCUT2D eigenvalue weighted by Gasteiger charge is 2.28. The number of methoxy groups -OCH3 is 1. The van der Waals surface area contributed by atoms with Crippen molar-refractivity contribution in [2.75, 3.05) is 7.11 Å². The summed E-state index contributed by atoms with van der Waals surface area (Å²) in [6, 6.07) is 3.58. The number of fused-ring (bicyclic) bond motifs is 1. The molecule has 3 atom stereocenters. The van der Waals surface area contributed by atoms with Crippen molar-refractivity contribution < 1.29 is 4.74 Å². The summed E-state index contributed by atoms with van der Waals surface area (Å²) in [6.07, 6.45) is 8.09. The number of aryl methyl sites for hydroxylation is 1. The van der Waals surface area contributed by atoms with Gasteiger partial charge in [-0.1, -0.05) is 0 Å². The molecule has 1 saturated carbocycles. The second-order valence-electron chi connectivity index (χ2n) is 5.28. The molecule has 1 fully saturated rings. The van der Waals surface area contributed by atoms with E-state index in [0.717, 1.165) is 0 Å².